The van der Waals surface area contributed by atoms with Gasteiger partial charge in [-0.1, -0.05) is 0 Å². The van der Waals surface area contributed by atoms with Crippen molar-refractivity contribution in [3.63, 3.8) is 0 Å². The van der Waals surface area contributed by atoms with E-state index in [0.717, 1.165) is 6.92 Å². The SMILES string of the molecule is Cc1cc(OS(=O)(=O)C(F)(F)F)c(F)c(F)c1C=O. The number of aryl methyl sites for hydroxylation is 1. The van der Waals surface area contributed by atoms with E-state index in [1.54, 1.807) is 0 Å². The van der Waals surface area contributed by atoms with Crippen molar-refractivity contribution in [3.05, 3.63) is 28.8 Å². The first-order chi connectivity index (χ1) is 8.51. The number of carbonyl (C=O) groups is 1. The second-order valence-corrected chi connectivity index (χ2v) is 4.87. The molecule has 0 bridgehead atoms. The van der Waals surface area contributed by atoms with Gasteiger partial charge >= 0.3 is 15.6 Å². The van der Waals surface area contributed by atoms with E-state index >= 15 is 0 Å². The quantitative estimate of drug-likeness (QED) is 0.372. The van der Waals surface area contributed by atoms with Crippen molar-refractivity contribution in [1.29, 1.82) is 0 Å². The van der Waals surface area contributed by atoms with E-state index < -0.39 is 38.6 Å². The van der Waals surface area contributed by atoms with Crippen LogP contribution in [0.4, 0.5) is 22.0 Å². The summed E-state index contributed by atoms with van der Waals surface area (Å²) in [5.74, 6) is -5.26. The minimum Gasteiger partial charge on any atom is -0.373 e. The number of carbonyl (C=O) groups excluding carboxylic acids is 1. The molecule has 0 saturated heterocycles. The predicted molar refractivity (Wildman–Crippen MR) is 52.1 cm³/mol. The maximum Gasteiger partial charge on any atom is 0.534 e. The fraction of sp³-hybridized carbons (Fsp3) is 0.222. The first kappa shape index (κ1) is 15.3. The normalized spacial score (nSPS) is 12.3. The number of hydrogen-bond acceptors (Lipinski definition) is 4. The highest BCUT2D eigenvalue weighted by molar-refractivity contribution is 7.88. The monoisotopic (exact) mass is 304 g/mol. The lowest BCUT2D eigenvalue weighted by molar-refractivity contribution is -0.0501. The van der Waals surface area contributed by atoms with Gasteiger partial charge in [-0.25, -0.2) is 4.39 Å². The van der Waals surface area contributed by atoms with E-state index in [1.807, 2.05) is 0 Å². The van der Waals surface area contributed by atoms with E-state index in [2.05, 4.69) is 4.18 Å². The lowest BCUT2D eigenvalue weighted by atomic mass is 10.1. The Balaban J connectivity index is 3.37. The maximum atomic E-state index is 13.3. The zero-order valence-electron chi connectivity index (χ0n) is 9.09. The maximum absolute atomic E-state index is 13.3. The van der Waals surface area contributed by atoms with E-state index in [9.17, 15) is 35.2 Å². The van der Waals surface area contributed by atoms with Crippen LogP contribution >= 0.6 is 0 Å². The van der Waals surface area contributed by atoms with Crippen LogP contribution in [0.3, 0.4) is 0 Å². The van der Waals surface area contributed by atoms with Gasteiger partial charge in [-0.15, -0.1) is 0 Å². The van der Waals surface area contributed by atoms with Crippen LogP contribution in [-0.2, 0) is 10.1 Å². The molecule has 0 unspecified atom stereocenters. The van der Waals surface area contributed by atoms with Crippen LogP contribution in [0.2, 0.25) is 0 Å². The van der Waals surface area contributed by atoms with Crippen molar-refractivity contribution in [1.82, 2.24) is 0 Å². The highest BCUT2D eigenvalue weighted by Gasteiger charge is 2.49. The van der Waals surface area contributed by atoms with Gasteiger partial charge in [0.05, 0.1) is 5.56 Å². The standard InChI is InChI=1S/C9H5F5O4S/c1-4-2-6(8(11)7(10)5(4)3-15)18-19(16,17)9(12,13)14/h2-3H,1H3. The number of benzene rings is 1. The molecule has 106 valence electrons. The highest BCUT2D eigenvalue weighted by Crippen LogP contribution is 2.31. The van der Waals surface area contributed by atoms with Gasteiger partial charge < -0.3 is 4.18 Å². The zero-order chi connectivity index (χ0) is 15.0. The molecule has 0 heterocycles. The molecule has 0 amide bonds. The Morgan fingerprint density at radius 3 is 2.16 bits per heavy atom. The molecular formula is C9H5F5O4S. The first-order valence-electron chi connectivity index (χ1n) is 4.45. The van der Waals surface area contributed by atoms with Crippen molar-refractivity contribution >= 4 is 16.4 Å². The van der Waals surface area contributed by atoms with E-state index in [0.29, 0.717) is 6.07 Å². The number of rotatable bonds is 3. The Labute approximate surface area is 103 Å². The van der Waals surface area contributed by atoms with Crippen LogP contribution in [0.25, 0.3) is 0 Å². The molecule has 19 heavy (non-hydrogen) atoms. The molecule has 0 aromatic heterocycles. The van der Waals surface area contributed by atoms with Crippen molar-refractivity contribution in [2.24, 2.45) is 0 Å². The Morgan fingerprint density at radius 1 is 1.21 bits per heavy atom. The fourth-order valence-electron chi connectivity index (χ4n) is 1.11. The number of aldehydes is 1. The third-order valence-electron chi connectivity index (χ3n) is 2.02. The van der Waals surface area contributed by atoms with Crippen LogP contribution in [0.5, 0.6) is 5.75 Å². The van der Waals surface area contributed by atoms with Gasteiger partial charge in [-0.3, -0.25) is 4.79 Å². The predicted octanol–water partition coefficient (Wildman–Crippen LogP) is 2.31. The average Bonchev–Trinajstić information content (AvgIpc) is 2.24. The Bertz CT molecular complexity index is 620. The Kier molecular flexibility index (Phi) is 3.84. The summed E-state index contributed by atoms with van der Waals surface area (Å²) in [6, 6.07) is 0.478. The van der Waals surface area contributed by atoms with Crippen LogP contribution in [0.1, 0.15) is 15.9 Å². The van der Waals surface area contributed by atoms with Gasteiger partial charge in [0.1, 0.15) is 0 Å². The third-order valence-corrected chi connectivity index (χ3v) is 2.98. The van der Waals surface area contributed by atoms with Crippen LogP contribution in [0.15, 0.2) is 6.07 Å². The Hall–Kier alpha value is -1.71. The molecule has 10 heteroatoms. The summed E-state index contributed by atoms with van der Waals surface area (Å²) in [6.07, 6.45) is -0.0597. The fourth-order valence-corrected chi connectivity index (χ4v) is 1.56. The molecule has 0 aliphatic carbocycles. The molecule has 1 rings (SSSR count). The summed E-state index contributed by atoms with van der Waals surface area (Å²) in [5, 5.41) is 0. The van der Waals surface area contributed by atoms with Gasteiger partial charge in [0, 0.05) is 0 Å². The third kappa shape index (κ3) is 2.83. The first-order valence-corrected chi connectivity index (χ1v) is 5.86. The lowest BCUT2D eigenvalue weighted by Gasteiger charge is -2.12. The average molecular weight is 304 g/mol. The Morgan fingerprint density at radius 2 is 1.74 bits per heavy atom. The summed E-state index contributed by atoms with van der Waals surface area (Å²) in [7, 11) is -6.12. The molecule has 0 saturated carbocycles. The lowest BCUT2D eigenvalue weighted by Crippen LogP contribution is -2.28. The van der Waals surface area contributed by atoms with E-state index in [1.165, 1.54) is 0 Å². The van der Waals surface area contributed by atoms with Gasteiger partial charge in [0.15, 0.2) is 17.9 Å². The highest BCUT2D eigenvalue weighted by atomic mass is 32.2. The zero-order valence-corrected chi connectivity index (χ0v) is 9.90. The van der Waals surface area contributed by atoms with Gasteiger partial charge in [0.25, 0.3) is 0 Å². The molecule has 1 aromatic rings. The molecule has 0 fully saturated rings. The van der Waals surface area contributed by atoms with Crippen LogP contribution in [0, 0.1) is 18.6 Å². The van der Waals surface area contributed by atoms with Crippen molar-refractivity contribution < 1.29 is 39.3 Å². The van der Waals surface area contributed by atoms with Crippen molar-refractivity contribution in [2.45, 2.75) is 12.4 Å². The van der Waals surface area contributed by atoms with E-state index in [-0.39, 0.29) is 11.8 Å². The molecule has 4 nitrogen and oxygen atoms in total. The summed E-state index contributed by atoms with van der Waals surface area (Å²) in [4.78, 5) is 10.4. The van der Waals surface area contributed by atoms with E-state index in [4.69, 9.17) is 0 Å². The van der Waals surface area contributed by atoms with Gasteiger partial charge in [0.2, 0.25) is 5.82 Å². The molecule has 0 atom stereocenters. The van der Waals surface area contributed by atoms with Crippen molar-refractivity contribution in [2.75, 3.05) is 0 Å². The second kappa shape index (κ2) is 4.76. The topological polar surface area (TPSA) is 60.4 Å². The smallest absolute Gasteiger partial charge is 0.373 e. The van der Waals surface area contributed by atoms with Crippen molar-refractivity contribution in [3.8, 4) is 5.75 Å². The molecule has 0 N–H and O–H groups in total. The number of alkyl halides is 3. The van der Waals surface area contributed by atoms with Crippen LogP contribution < -0.4 is 4.18 Å². The summed E-state index contributed by atoms with van der Waals surface area (Å²) >= 11 is 0. The summed E-state index contributed by atoms with van der Waals surface area (Å²) in [6.45, 7) is 1.07. The largest absolute Gasteiger partial charge is 0.534 e. The van der Waals surface area contributed by atoms with Crippen LogP contribution in [-0.4, -0.2) is 20.2 Å². The summed E-state index contributed by atoms with van der Waals surface area (Å²) in [5.41, 5.74) is -6.80. The number of hydrogen-bond donors (Lipinski definition) is 0. The van der Waals surface area contributed by atoms with Gasteiger partial charge in [-0.2, -0.15) is 26.0 Å². The minimum atomic E-state index is -6.12. The summed E-state index contributed by atoms with van der Waals surface area (Å²) < 4.78 is 87.3. The molecule has 0 spiro atoms. The molecule has 1 aromatic carbocycles. The second-order valence-electron chi connectivity index (χ2n) is 3.33. The molecular weight excluding hydrogens is 299 g/mol. The van der Waals surface area contributed by atoms with Gasteiger partial charge in [-0.05, 0) is 18.6 Å². The molecule has 0 aliphatic heterocycles. The molecule has 0 aliphatic rings. The number of halogens is 5. The minimum absolute atomic E-state index is 0.0597. The molecule has 0 radical (unpaired) electrons.